The standard InChI is InChI=1S/C12H16F3NO2S/c1-8-3-4-10(19-8)9(18-2)7-16-11(17)5-6-12(13,14)15/h3-4,9H,5-7H2,1-2H3,(H,16,17). The Morgan fingerprint density at radius 1 is 1.47 bits per heavy atom. The lowest BCUT2D eigenvalue weighted by Crippen LogP contribution is -2.29. The van der Waals surface area contributed by atoms with Gasteiger partial charge in [0.15, 0.2) is 0 Å². The fourth-order valence-electron chi connectivity index (χ4n) is 1.48. The molecule has 0 bridgehead atoms. The van der Waals surface area contributed by atoms with Crippen LogP contribution in [0.25, 0.3) is 0 Å². The Morgan fingerprint density at radius 2 is 2.16 bits per heavy atom. The molecule has 0 fully saturated rings. The summed E-state index contributed by atoms with van der Waals surface area (Å²) in [5, 5.41) is 2.46. The van der Waals surface area contributed by atoms with E-state index in [-0.39, 0.29) is 12.6 Å². The molecule has 1 aromatic rings. The van der Waals surface area contributed by atoms with E-state index in [1.165, 1.54) is 18.4 Å². The highest BCUT2D eigenvalue weighted by Crippen LogP contribution is 2.25. The quantitative estimate of drug-likeness (QED) is 0.875. The van der Waals surface area contributed by atoms with Crippen LogP contribution in [0.4, 0.5) is 13.2 Å². The van der Waals surface area contributed by atoms with Crippen LogP contribution in [0.3, 0.4) is 0 Å². The molecular weight excluding hydrogens is 279 g/mol. The first-order valence-corrected chi connectivity index (χ1v) is 6.56. The van der Waals surface area contributed by atoms with E-state index in [0.29, 0.717) is 0 Å². The summed E-state index contributed by atoms with van der Waals surface area (Å²) in [7, 11) is 1.50. The average Bonchev–Trinajstić information content (AvgIpc) is 2.73. The number of alkyl halides is 3. The number of carbonyl (C=O) groups is 1. The first-order valence-electron chi connectivity index (χ1n) is 5.74. The van der Waals surface area contributed by atoms with Crippen LogP contribution in [0.2, 0.25) is 0 Å². The van der Waals surface area contributed by atoms with Crippen molar-refractivity contribution in [1.29, 1.82) is 0 Å². The topological polar surface area (TPSA) is 38.3 Å². The van der Waals surface area contributed by atoms with Crippen molar-refractivity contribution in [2.45, 2.75) is 32.0 Å². The van der Waals surface area contributed by atoms with Gasteiger partial charge in [-0.3, -0.25) is 4.79 Å². The van der Waals surface area contributed by atoms with Gasteiger partial charge in [0.05, 0.1) is 6.42 Å². The predicted molar refractivity (Wildman–Crippen MR) is 67.1 cm³/mol. The second kappa shape index (κ2) is 6.91. The Balaban J connectivity index is 2.39. The van der Waals surface area contributed by atoms with Crippen LogP contribution in [-0.2, 0) is 9.53 Å². The molecule has 0 aliphatic rings. The molecule has 108 valence electrons. The lowest BCUT2D eigenvalue weighted by molar-refractivity contribution is -0.144. The Labute approximate surface area is 113 Å². The predicted octanol–water partition coefficient (Wildman–Crippen LogP) is 3.20. The van der Waals surface area contributed by atoms with Crippen LogP contribution >= 0.6 is 11.3 Å². The van der Waals surface area contributed by atoms with Crippen LogP contribution in [-0.4, -0.2) is 25.7 Å². The maximum atomic E-state index is 11.9. The van der Waals surface area contributed by atoms with Gasteiger partial charge in [0.25, 0.3) is 0 Å². The molecule has 1 aromatic heterocycles. The van der Waals surface area contributed by atoms with E-state index in [4.69, 9.17) is 4.74 Å². The zero-order valence-electron chi connectivity index (χ0n) is 10.7. The summed E-state index contributed by atoms with van der Waals surface area (Å²) < 4.78 is 41.1. The summed E-state index contributed by atoms with van der Waals surface area (Å²) >= 11 is 1.53. The second-order valence-corrected chi connectivity index (χ2v) is 5.41. The lowest BCUT2D eigenvalue weighted by Gasteiger charge is -2.15. The van der Waals surface area contributed by atoms with E-state index in [1.54, 1.807) is 0 Å². The molecule has 0 aliphatic carbocycles. The van der Waals surface area contributed by atoms with Crippen molar-refractivity contribution in [1.82, 2.24) is 5.32 Å². The number of carbonyl (C=O) groups excluding carboxylic acids is 1. The highest BCUT2D eigenvalue weighted by Gasteiger charge is 2.28. The molecule has 1 amide bonds. The normalized spacial score (nSPS) is 13.3. The van der Waals surface area contributed by atoms with Crippen LogP contribution in [0, 0.1) is 6.92 Å². The number of amides is 1. The summed E-state index contributed by atoms with van der Waals surface area (Å²) in [4.78, 5) is 13.3. The molecule has 0 aliphatic heterocycles. The minimum absolute atomic E-state index is 0.174. The molecule has 1 rings (SSSR count). The van der Waals surface area contributed by atoms with Crippen molar-refractivity contribution in [2.75, 3.05) is 13.7 Å². The molecule has 1 unspecified atom stereocenters. The number of aryl methyl sites for hydroxylation is 1. The molecular formula is C12H16F3NO2S. The Bertz CT molecular complexity index is 417. The van der Waals surface area contributed by atoms with Gasteiger partial charge in [-0.25, -0.2) is 0 Å². The zero-order chi connectivity index (χ0) is 14.5. The fraction of sp³-hybridized carbons (Fsp3) is 0.583. The van der Waals surface area contributed by atoms with Crippen LogP contribution in [0.5, 0.6) is 0 Å². The van der Waals surface area contributed by atoms with Gasteiger partial charge in [-0.1, -0.05) is 0 Å². The molecule has 0 saturated carbocycles. The third-order valence-electron chi connectivity index (χ3n) is 2.48. The molecule has 0 radical (unpaired) electrons. The van der Waals surface area contributed by atoms with E-state index in [9.17, 15) is 18.0 Å². The van der Waals surface area contributed by atoms with E-state index < -0.39 is 24.9 Å². The lowest BCUT2D eigenvalue weighted by atomic mass is 10.2. The van der Waals surface area contributed by atoms with Gasteiger partial charge in [-0.15, -0.1) is 11.3 Å². The third-order valence-corrected chi connectivity index (χ3v) is 3.58. The maximum absolute atomic E-state index is 11.9. The molecule has 7 heteroatoms. The minimum Gasteiger partial charge on any atom is -0.374 e. The molecule has 1 N–H and O–H groups in total. The van der Waals surface area contributed by atoms with Gasteiger partial charge in [0.2, 0.25) is 5.91 Å². The van der Waals surface area contributed by atoms with Gasteiger partial charge in [-0.2, -0.15) is 13.2 Å². The van der Waals surface area contributed by atoms with Gasteiger partial charge in [-0.05, 0) is 19.1 Å². The number of methoxy groups -OCH3 is 1. The maximum Gasteiger partial charge on any atom is 0.389 e. The summed E-state index contributed by atoms with van der Waals surface area (Å²) in [5.41, 5.74) is 0. The smallest absolute Gasteiger partial charge is 0.374 e. The number of thiophene rings is 1. The highest BCUT2D eigenvalue weighted by atomic mass is 32.1. The Hall–Kier alpha value is -1.08. The number of nitrogens with one attached hydrogen (secondary N) is 1. The van der Waals surface area contributed by atoms with Gasteiger partial charge >= 0.3 is 6.18 Å². The van der Waals surface area contributed by atoms with Gasteiger partial charge < -0.3 is 10.1 Å². The van der Waals surface area contributed by atoms with Crippen LogP contribution in [0.1, 0.15) is 28.7 Å². The molecule has 0 saturated heterocycles. The van der Waals surface area contributed by atoms with Crippen LogP contribution in [0.15, 0.2) is 12.1 Å². The summed E-state index contributed by atoms with van der Waals surface area (Å²) in [6.07, 6.45) is -6.28. The summed E-state index contributed by atoms with van der Waals surface area (Å²) in [6, 6.07) is 3.81. The van der Waals surface area contributed by atoms with E-state index in [0.717, 1.165) is 9.75 Å². The molecule has 1 atom stereocenters. The van der Waals surface area contributed by atoms with Crippen molar-refractivity contribution < 1.29 is 22.7 Å². The van der Waals surface area contributed by atoms with Crippen molar-refractivity contribution in [3.63, 3.8) is 0 Å². The van der Waals surface area contributed by atoms with Crippen molar-refractivity contribution in [3.8, 4) is 0 Å². The second-order valence-electron chi connectivity index (χ2n) is 4.09. The van der Waals surface area contributed by atoms with E-state index in [2.05, 4.69) is 5.32 Å². The largest absolute Gasteiger partial charge is 0.389 e. The molecule has 1 heterocycles. The van der Waals surface area contributed by atoms with E-state index in [1.807, 2.05) is 19.1 Å². The SMILES string of the molecule is COC(CNC(=O)CCC(F)(F)F)c1ccc(C)s1. The molecule has 0 spiro atoms. The molecule has 0 aromatic carbocycles. The fourth-order valence-corrected chi connectivity index (χ4v) is 2.43. The first kappa shape index (κ1) is 16.0. The number of hydrogen-bond donors (Lipinski definition) is 1. The first-order chi connectivity index (χ1) is 8.81. The van der Waals surface area contributed by atoms with Gasteiger partial charge in [0.1, 0.15) is 6.10 Å². The number of halogens is 3. The van der Waals surface area contributed by atoms with Crippen molar-refractivity contribution in [2.24, 2.45) is 0 Å². The monoisotopic (exact) mass is 295 g/mol. The highest BCUT2D eigenvalue weighted by molar-refractivity contribution is 7.12. The van der Waals surface area contributed by atoms with Gasteiger partial charge in [0, 0.05) is 29.8 Å². The van der Waals surface area contributed by atoms with Crippen LogP contribution < -0.4 is 5.32 Å². The van der Waals surface area contributed by atoms with Crippen molar-refractivity contribution >= 4 is 17.2 Å². The average molecular weight is 295 g/mol. The Kier molecular flexibility index (Phi) is 5.81. The zero-order valence-corrected chi connectivity index (χ0v) is 11.5. The minimum atomic E-state index is -4.30. The summed E-state index contributed by atoms with van der Waals surface area (Å²) in [5.74, 6) is -0.618. The Morgan fingerprint density at radius 3 is 2.63 bits per heavy atom. The third kappa shape index (κ3) is 6.07. The molecule has 3 nitrogen and oxygen atoms in total. The number of ether oxygens (including phenoxy) is 1. The number of hydrogen-bond acceptors (Lipinski definition) is 3. The number of rotatable bonds is 6. The van der Waals surface area contributed by atoms with Crippen molar-refractivity contribution in [3.05, 3.63) is 21.9 Å². The van der Waals surface area contributed by atoms with E-state index >= 15 is 0 Å². The molecule has 19 heavy (non-hydrogen) atoms. The summed E-state index contributed by atoms with van der Waals surface area (Å²) in [6.45, 7) is 2.12.